The molecule has 0 atom stereocenters. The lowest BCUT2D eigenvalue weighted by molar-refractivity contribution is 0.405. The second-order valence-electron chi connectivity index (χ2n) is 5.25. The first-order valence-corrected chi connectivity index (χ1v) is 8.72. The summed E-state index contributed by atoms with van der Waals surface area (Å²) in [7, 11) is 1.68. The molecule has 0 unspecified atom stereocenters. The molecule has 7 heteroatoms. The van der Waals surface area contributed by atoms with E-state index in [0.29, 0.717) is 6.04 Å². The number of nitrogens with one attached hydrogen (secondary N) is 1. The Morgan fingerprint density at radius 3 is 2.77 bits per heavy atom. The van der Waals surface area contributed by atoms with Gasteiger partial charge in [0, 0.05) is 35.6 Å². The summed E-state index contributed by atoms with van der Waals surface area (Å²) in [5, 5.41) is 11.6. The summed E-state index contributed by atoms with van der Waals surface area (Å²) in [5.41, 5.74) is 1.11. The maximum absolute atomic E-state index is 5.45. The summed E-state index contributed by atoms with van der Waals surface area (Å²) in [6.07, 6.45) is 2.63. The highest BCUT2D eigenvalue weighted by molar-refractivity contribution is 9.11. The zero-order chi connectivity index (χ0) is 16.1. The molecule has 0 saturated heterocycles. The van der Waals surface area contributed by atoms with Crippen LogP contribution in [0.25, 0.3) is 0 Å². The smallest absolute Gasteiger partial charge is 0.137 e. The van der Waals surface area contributed by atoms with Crippen LogP contribution in [0.1, 0.15) is 31.3 Å². The lowest BCUT2D eigenvalue weighted by Crippen LogP contribution is -2.19. The number of ether oxygens (including phenoxy) is 1. The molecule has 0 fully saturated rings. The molecule has 0 aliphatic heterocycles. The predicted octanol–water partition coefficient (Wildman–Crippen LogP) is 3.72. The van der Waals surface area contributed by atoms with Crippen LogP contribution in [0.5, 0.6) is 5.75 Å². The maximum atomic E-state index is 5.45. The van der Waals surface area contributed by atoms with Crippen LogP contribution in [-0.2, 0) is 13.0 Å². The van der Waals surface area contributed by atoms with Crippen molar-refractivity contribution in [2.75, 3.05) is 13.7 Å². The Kier molecular flexibility index (Phi) is 6.40. The fourth-order valence-electron chi connectivity index (χ4n) is 2.27. The summed E-state index contributed by atoms with van der Waals surface area (Å²) in [6.45, 7) is 5.82. The first-order chi connectivity index (χ1) is 10.5. The zero-order valence-corrected chi connectivity index (χ0v) is 16.1. The molecule has 0 spiro atoms. The van der Waals surface area contributed by atoms with Gasteiger partial charge < -0.3 is 14.6 Å². The molecular formula is C15H20Br2N4O. The van der Waals surface area contributed by atoms with Gasteiger partial charge in [0.05, 0.1) is 11.6 Å². The van der Waals surface area contributed by atoms with Crippen LogP contribution >= 0.6 is 31.9 Å². The highest BCUT2D eigenvalue weighted by atomic mass is 79.9. The molecular weight excluding hydrogens is 412 g/mol. The van der Waals surface area contributed by atoms with E-state index in [1.165, 1.54) is 0 Å². The van der Waals surface area contributed by atoms with E-state index in [2.05, 4.69) is 71.9 Å². The summed E-state index contributed by atoms with van der Waals surface area (Å²) < 4.78 is 9.52. The quantitative estimate of drug-likeness (QED) is 0.678. The van der Waals surface area contributed by atoms with Gasteiger partial charge in [-0.1, -0.05) is 15.9 Å². The molecule has 1 heterocycles. The summed E-state index contributed by atoms with van der Waals surface area (Å²) in [6, 6.07) is 4.42. The van der Waals surface area contributed by atoms with Crippen LogP contribution in [-0.4, -0.2) is 28.4 Å². The third kappa shape index (κ3) is 4.30. The Balaban J connectivity index is 1.93. The van der Waals surface area contributed by atoms with E-state index >= 15 is 0 Å². The molecule has 2 rings (SSSR count). The van der Waals surface area contributed by atoms with Crippen LogP contribution < -0.4 is 10.1 Å². The molecule has 1 N–H and O–H groups in total. The van der Waals surface area contributed by atoms with Gasteiger partial charge in [0.2, 0.25) is 0 Å². The molecule has 5 nitrogen and oxygen atoms in total. The fourth-order valence-corrected chi connectivity index (χ4v) is 3.75. The number of rotatable bonds is 7. The second kappa shape index (κ2) is 8.08. The number of nitrogens with zero attached hydrogens (tertiary/aromatic N) is 3. The van der Waals surface area contributed by atoms with Crippen LogP contribution in [0, 0.1) is 0 Å². The molecule has 0 aliphatic rings. The Morgan fingerprint density at radius 2 is 2.09 bits per heavy atom. The minimum absolute atomic E-state index is 0.381. The number of benzene rings is 1. The third-order valence-corrected chi connectivity index (χ3v) is 4.38. The van der Waals surface area contributed by atoms with E-state index in [-0.39, 0.29) is 0 Å². The third-order valence-electron chi connectivity index (χ3n) is 3.33. The molecule has 0 bridgehead atoms. The first-order valence-electron chi connectivity index (χ1n) is 7.14. The number of halogens is 2. The van der Waals surface area contributed by atoms with Gasteiger partial charge in [-0.05, 0) is 41.9 Å². The Labute approximate surface area is 147 Å². The molecule has 1 aromatic carbocycles. The van der Waals surface area contributed by atoms with Gasteiger partial charge in [0.25, 0.3) is 0 Å². The molecule has 0 aliphatic carbocycles. The molecule has 1 aromatic heterocycles. The number of hydrogen-bond acceptors (Lipinski definition) is 4. The summed E-state index contributed by atoms with van der Waals surface area (Å²) in [4.78, 5) is 0. The van der Waals surface area contributed by atoms with E-state index in [1.54, 1.807) is 13.4 Å². The number of aromatic nitrogens is 3. The lowest BCUT2D eigenvalue weighted by atomic mass is 10.2. The lowest BCUT2D eigenvalue weighted by Gasteiger charge is -2.13. The summed E-state index contributed by atoms with van der Waals surface area (Å²) >= 11 is 7.03. The largest absolute Gasteiger partial charge is 0.495 e. The number of methoxy groups -OCH3 is 1. The van der Waals surface area contributed by atoms with Gasteiger partial charge >= 0.3 is 0 Å². The molecule has 0 saturated carbocycles. The molecule has 0 radical (unpaired) electrons. The van der Waals surface area contributed by atoms with Crippen molar-refractivity contribution in [1.29, 1.82) is 0 Å². The van der Waals surface area contributed by atoms with Crippen LogP contribution in [0.2, 0.25) is 0 Å². The average Bonchev–Trinajstić information content (AvgIpc) is 2.91. The van der Waals surface area contributed by atoms with Crippen molar-refractivity contribution in [2.24, 2.45) is 0 Å². The van der Waals surface area contributed by atoms with Crippen molar-refractivity contribution in [3.8, 4) is 5.75 Å². The minimum Gasteiger partial charge on any atom is -0.495 e. The van der Waals surface area contributed by atoms with E-state index in [0.717, 1.165) is 45.6 Å². The first kappa shape index (κ1) is 17.4. The van der Waals surface area contributed by atoms with Crippen molar-refractivity contribution in [3.63, 3.8) is 0 Å². The fraction of sp³-hybridized carbons (Fsp3) is 0.467. The summed E-state index contributed by atoms with van der Waals surface area (Å²) in [5.74, 6) is 1.87. The van der Waals surface area contributed by atoms with E-state index in [4.69, 9.17) is 4.74 Å². The number of hydrogen-bond donors (Lipinski definition) is 1. The molecule has 22 heavy (non-hydrogen) atoms. The monoisotopic (exact) mass is 430 g/mol. The predicted molar refractivity (Wildman–Crippen MR) is 94.2 cm³/mol. The highest BCUT2D eigenvalue weighted by Gasteiger charge is 2.10. The van der Waals surface area contributed by atoms with Gasteiger partial charge in [0.15, 0.2) is 0 Å². The van der Waals surface area contributed by atoms with Crippen LogP contribution in [0.3, 0.4) is 0 Å². The molecule has 2 aromatic rings. The van der Waals surface area contributed by atoms with Crippen LogP contribution in [0.15, 0.2) is 27.4 Å². The standard InChI is InChI=1S/C15H20Br2N4O/c1-10(2)21-9-19-20-14(21)4-5-18-8-11-6-12(16)7-13(17)15(11)22-3/h6-7,9-10,18H,4-5,8H2,1-3H3. The van der Waals surface area contributed by atoms with Crippen molar-refractivity contribution < 1.29 is 4.74 Å². The van der Waals surface area contributed by atoms with Crippen LogP contribution in [0.4, 0.5) is 0 Å². The Hall–Kier alpha value is -0.920. The van der Waals surface area contributed by atoms with Gasteiger partial charge in [-0.15, -0.1) is 10.2 Å². The average molecular weight is 432 g/mol. The van der Waals surface area contributed by atoms with Crippen molar-refractivity contribution >= 4 is 31.9 Å². The van der Waals surface area contributed by atoms with Crippen molar-refractivity contribution in [1.82, 2.24) is 20.1 Å². The van der Waals surface area contributed by atoms with E-state index < -0.39 is 0 Å². The van der Waals surface area contributed by atoms with Gasteiger partial charge in [-0.25, -0.2) is 0 Å². The normalized spacial score (nSPS) is 11.2. The minimum atomic E-state index is 0.381. The highest BCUT2D eigenvalue weighted by Crippen LogP contribution is 2.32. The molecule has 120 valence electrons. The maximum Gasteiger partial charge on any atom is 0.137 e. The van der Waals surface area contributed by atoms with Gasteiger partial charge in [-0.3, -0.25) is 0 Å². The van der Waals surface area contributed by atoms with Gasteiger partial charge in [0.1, 0.15) is 17.9 Å². The zero-order valence-electron chi connectivity index (χ0n) is 12.9. The SMILES string of the molecule is COc1c(Br)cc(Br)cc1CNCCc1nncn1C(C)C. The van der Waals surface area contributed by atoms with E-state index in [9.17, 15) is 0 Å². The topological polar surface area (TPSA) is 52.0 Å². The van der Waals surface area contributed by atoms with E-state index in [1.807, 2.05) is 6.07 Å². The van der Waals surface area contributed by atoms with Crippen molar-refractivity contribution in [3.05, 3.63) is 38.8 Å². The molecule has 0 amide bonds. The second-order valence-corrected chi connectivity index (χ2v) is 7.02. The van der Waals surface area contributed by atoms with Crippen molar-refractivity contribution in [2.45, 2.75) is 32.9 Å². The van der Waals surface area contributed by atoms with Gasteiger partial charge in [-0.2, -0.15) is 0 Å². The Morgan fingerprint density at radius 1 is 1.32 bits per heavy atom. The Bertz CT molecular complexity index is 628.